The Labute approximate surface area is 111 Å². The Kier molecular flexibility index (Phi) is 4.13. The first-order valence-corrected chi connectivity index (χ1v) is 6.08. The van der Waals surface area contributed by atoms with E-state index in [1.807, 2.05) is 25.1 Å². The standard InChI is InChI=1S/C15H15NO3/c1-11-4-6-12(7-5-11)14(17)15(18)16-9-8-13-3-2-10-19-13/h2-7,10H,8-9H2,1H3,(H,16,18). The second kappa shape index (κ2) is 6.00. The number of carbonyl (C=O) groups is 2. The van der Waals surface area contributed by atoms with E-state index >= 15 is 0 Å². The molecule has 2 rings (SSSR count). The highest BCUT2D eigenvalue weighted by atomic mass is 16.3. The van der Waals surface area contributed by atoms with Gasteiger partial charge in [0.2, 0.25) is 5.78 Å². The third-order valence-corrected chi connectivity index (χ3v) is 2.76. The molecule has 0 bridgehead atoms. The molecule has 4 nitrogen and oxygen atoms in total. The molecule has 0 aliphatic heterocycles. The highest BCUT2D eigenvalue weighted by Crippen LogP contribution is 2.04. The van der Waals surface area contributed by atoms with Crippen molar-refractivity contribution in [3.63, 3.8) is 0 Å². The second-order valence-electron chi connectivity index (χ2n) is 4.28. The number of aryl methyl sites for hydroxylation is 1. The number of hydrogen-bond donors (Lipinski definition) is 1. The summed E-state index contributed by atoms with van der Waals surface area (Å²) < 4.78 is 5.14. The van der Waals surface area contributed by atoms with Crippen LogP contribution in [0.3, 0.4) is 0 Å². The Bertz CT molecular complexity index is 556. The van der Waals surface area contributed by atoms with Gasteiger partial charge in [-0.15, -0.1) is 0 Å². The second-order valence-corrected chi connectivity index (χ2v) is 4.28. The third-order valence-electron chi connectivity index (χ3n) is 2.76. The number of hydrogen-bond acceptors (Lipinski definition) is 3. The zero-order valence-electron chi connectivity index (χ0n) is 10.7. The van der Waals surface area contributed by atoms with Gasteiger partial charge in [0.05, 0.1) is 6.26 Å². The van der Waals surface area contributed by atoms with Crippen molar-refractivity contribution >= 4 is 11.7 Å². The maximum absolute atomic E-state index is 11.8. The molecule has 98 valence electrons. The van der Waals surface area contributed by atoms with Gasteiger partial charge >= 0.3 is 0 Å². The van der Waals surface area contributed by atoms with Gasteiger partial charge in [-0.2, -0.15) is 0 Å². The van der Waals surface area contributed by atoms with E-state index in [0.29, 0.717) is 18.5 Å². The largest absolute Gasteiger partial charge is 0.469 e. The van der Waals surface area contributed by atoms with Crippen LogP contribution in [-0.2, 0) is 11.2 Å². The van der Waals surface area contributed by atoms with E-state index in [2.05, 4.69) is 5.32 Å². The first-order chi connectivity index (χ1) is 9.16. The van der Waals surface area contributed by atoms with Crippen molar-refractivity contribution in [3.8, 4) is 0 Å². The van der Waals surface area contributed by atoms with Crippen LogP contribution in [-0.4, -0.2) is 18.2 Å². The van der Waals surface area contributed by atoms with Gasteiger partial charge in [0.15, 0.2) is 0 Å². The summed E-state index contributed by atoms with van der Waals surface area (Å²) in [5.74, 6) is -0.321. The topological polar surface area (TPSA) is 59.3 Å². The predicted molar refractivity (Wildman–Crippen MR) is 70.9 cm³/mol. The van der Waals surface area contributed by atoms with Crippen molar-refractivity contribution in [2.45, 2.75) is 13.3 Å². The van der Waals surface area contributed by atoms with Crippen molar-refractivity contribution in [1.29, 1.82) is 0 Å². The molecule has 1 amide bonds. The molecule has 1 aromatic carbocycles. The average Bonchev–Trinajstić information content (AvgIpc) is 2.92. The van der Waals surface area contributed by atoms with Gasteiger partial charge in [0.25, 0.3) is 5.91 Å². The zero-order chi connectivity index (χ0) is 13.7. The van der Waals surface area contributed by atoms with Crippen molar-refractivity contribution in [2.75, 3.05) is 6.54 Å². The normalized spacial score (nSPS) is 10.2. The average molecular weight is 257 g/mol. The third kappa shape index (κ3) is 3.55. The molecular weight excluding hydrogens is 242 g/mol. The Hall–Kier alpha value is -2.36. The summed E-state index contributed by atoms with van der Waals surface area (Å²) in [6.45, 7) is 2.31. The Morgan fingerprint density at radius 3 is 2.53 bits per heavy atom. The Morgan fingerprint density at radius 1 is 1.16 bits per heavy atom. The van der Waals surface area contributed by atoms with Gasteiger partial charge in [-0.05, 0) is 19.1 Å². The van der Waals surface area contributed by atoms with Crippen LogP contribution in [0.25, 0.3) is 0 Å². The Morgan fingerprint density at radius 2 is 1.89 bits per heavy atom. The minimum Gasteiger partial charge on any atom is -0.469 e. The Balaban J connectivity index is 1.85. The first kappa shape index (κ1) is 13.1. The van der Waals surface area contributed by atoms with E-state index in [1.165, 1.54) is 0 Å². The van der Waals surface area contributed by atoms with E-state index < -0.39 is 11.7 Å². The van der Waals surface area contributed by atoms with Crippen molar-refractivity contribution < 1.29 is 14.0 Å². The molecule has 0 spiro atoms. The lowest BCUT2D eigenvalue weighted by atomic mass is 10.1. The molecule has 1 heterocycles. The number of nitrogens with one attached hydrogen (secondary N) is 1. The summed E-state index contributed by atoms with van der Waals surface area (Å²) in [5, 5.41) is 2.59. The van der Waals surface area contributed by atoms with Crippen molar-refractivity contribution in [1.82, 2.24) is 5.32 Å². The van der Waals surface area contributed by atoms with Crippen LogP contribution in [0.2, 0.25) is 0 Å². The van der Waals surface area contributed by atoms with Gasteiger partial charge in [0, 0.05) is 18.5 Å². The lowest BCUT2D eigenvalue weighted by Crippen LogP contribution is -2.32. The predicted octanol–water partition coefficient (Wildman–Crippen LogP) is 2.13. The maximum Gasteiger partial charge on any atom is 0.292 e. The first-order valence-electron chi connectivity index (χ1n) is 6.08. The van der Waals surface area contributed by atoms with Crippen LogP contribution in [0.15, 0.2) is 47.1 Å². The number of Topliss-reactive ketones (excluding diaryl/α,β-unsaturated/α-hetero) is 1. The van der Waals surface area contributed by atoms with E-state index in [4.69, 9.17) is 4.42 Å². The lowest BCUT2D eigenvalue weighted by molar-refractivity contribution is -0.116. The monoisotopic (exact) mass is 257 g/mol. The van der Waals surface area contributed by atoms with Gasteiger partial charge in [-0.1, -0.05) is 29.8 Å². The summed E-state index contributed by atoms with van der Waals surface area (Å²) in [5.41, 5.74) is 1.45. The fourth-order valence-corrected chi connectivity index (χ4v) is 1.67. The molecule has 19 heavy (non-hydrogen) atoms. The molecule has 0 saturated heterocycles. The molecule has 4 heteroatoms. The van der Waals surface area contributed by atoms with Crippen molar-refractivity contribution in [3.05, 3.63) is 59.5 Å². The van der Waals surface area contributed by atoms with Crippen LogP contribution in [0, 0.1) is 6.92 Å². The summed E-state index contributed by atoms with van der Waals surface area (Å²) in [6, 6.07) is 10.5. The van der Waals surface area contributed by atoms with E-state index in [1.54, 1.807) is 24.5 Å². The SMILES string of the molecule is Cc1ccc(C(=O)C(=O)NCCc2ccco2)cc1. The van der Waals surface area contributed by atoms with Crippen molar-refractivity contribution in [2.24, 2.45) is 0 Å². The summed E-state index contributed by atoms with van der Waals surface area (Å²) in [6.07, 6.45) is 2.15. The molecule has 0 atom stereocenters. The van der Waals surface area contributed by atoms with Crippen LogP contribution in [0.5, 0.6) is 0 Å². The molecule has 0 aliphatic carbocycles. The van der Waals surface area contributed by atoms with Crippen LogP contribution < -0.4 is 5.32 Å². The quantitative estimate of drug-likeness (QED) is 0.659. The van der Waals surface area contributed by atoms with E-state index in [-0.39, 0.29) is 0 Å². The van der Waals surface area contributed by atoms with Crippen LogP contribution in [0.1, 0.15) is 21.7 Å². The number of benzene rings is 1. The number of rotatable bonds is 5. The molecule has 1 N–H and O–H groups in total. The minimum atomic E-state index is -0.588. The van der Waals surface area contributed by atoms with Gasteiger partial charge in [0.1, 0.15) is 5.76 Å². The molecule has 0 fully saturated rings. The number of carbonyl (C=O) groups excluding carboxylic acids is 2. The highest BCUT2D eigenvalue weighted by molar-refractivity contribution is 6.42. The summed E-state index contributed by atoms with van der Waals surface area (Å²) in [7, 11) is 0. The molecule has 1 aromatic heterocycles. The minimum absolute atomic E-state index is 0.379. The molecule has 0 radical (unpaired) electrons. The number of ketones is 1. The molecule has 2 aromatic rings. The highest BCUT2D eigenvalue weighted by Gasteiger charge is 2.15. The number of furan rings is 1. The van der Waals surface area contributed by atoms with E-state index in [0.717, 1.165) is 11.3 Å². The van der Waals surface area contributed by atoms with Crippen LogP contribution >= 0.6 is 0 Å². The fourth-order valence-electron chi connectivity index (χ4n) is 1.67. The number of amides is 1. The zero-order valence-corrected chi connectivity index (χ0v) is 10.7. The smallest absolute Gasteiger partial charge is 0.292 e. The van der Waals surface area contributed by atoms with Crippen LogP contribution in [0.4, 0.5) is 0 Å². The molecular formula is C15H15NO3. The fraction of sp³-hybridized carbons (Fsp3) is 0.200. The van der Waals surface area contributed by atoms with Gasteiger partial charge < -0.3 is 9.73 Å². The molecule has 0 saturated carbocycles. The molecule has 0 unspecified atom stereocenters. The molecule has 0 aliphatic rings. The summed E-state index contributed by atoms with van der Waals surface area (Å²) >= 11 is 0. The van der Waals surface area contributed by atoms with Gasteiger partial charge in [-0.25, -0.2) is 0 Å². The maximum atomic E-state index is 11.8. The van der Waals surface area contributed by atoms with Gasteiger partial charge in [-0.3, -0.25) is 9.59 Å². The lowest BCUT2D eigenvalue weighted by Gasteiger charge is -2.03. The van der Waals surface area contributed by atoms with E-state index in [9.17, 15) is 9.59 Å². The summed E-state index contributed by atoms with van der Waals surface area (Å²) in [4.78, 5) is 23.5.